The molecule has 0 saturated carbocycles. The highest BCUT2D eigenvalue weighted by molar-refractivity contribution is 7.99. The van der Waals surface area contributed by atoms with E-state index in [1.165, 1.54) is 86.5 Å². The van der Waals surface area contributed by atoms with Gasteiger partial charge in [0.1, 0.15) is 0 Å². The van der Waals surface area contributed by atoms with E-state index in [0.717, 1.165) is 22.7 Å². The molecule has 0 fully saturated rings. The highest BCUT2D eigenvalue weighted by Gasteiger charge is 2.48. The maximum absolute atomic E-state index is 2.50. The molecule has 0 bridgehead atoms. The normalized spacial score (nSPS) is 15.0. The van der Waals surface area contributed by atoms with Crippen LogP contribution in [0.4, 0.5) is 17.1 Å². The van der Waals surface area contributed by atoms with E-state index in [-0.39, 0.29) is 0 Å². The molecule has 60 heavy (non-hydrogen) atoms. The minimum Gasteiger partial charge on any atom is -0.310 e. The fourth-order valence-electron chi connectivity index (χ4n) is 10.5. The molecule has 1 aliphatic carbocycles. The van der Waals surface area contributed by atoms with Crippen LogP contribution in [0.3, 0.4) is 0 Å². The van der Waals surface area contributed by atoms with Crippen LogP contribution >= 0.6 is 11.8 Å². The van der Waals surface area contributed by atoms with Crippen molar-refractivity contribution in [1.29, 1.82) is 0 Å². The highest BCUT2D eigenvalue weighted by Crippen LogP contribution is 2.62. The number of aromatic nitrogens is 1. The first-order chi connectivity index (χ1) is 29.8. The summed E-state index contributed by atoms with van der Waals surface area (Å²) < 4.78 is 2.42. The summed E-state index contributed by atoms with van der Waals surface area (Å²) in [6.07, 6.45) is 0. The summed E-state index contributed by atoms with van der Waals surface area (Å²) in [5, 5.41) is 7.55. The Morgan fingerprint density at radius 2 is 1.02 bits per heavy atom. The molecule has 0 N–H and O–H groups in total. The van der Waals surface area contributed by atoms with Gasteiger partial charge >= 0.3 is 0 Å². The van der Waals surface area contributed by atoms with E-state index in [1.807, 2.05) is 11.8 Å². The van der Waals surface area contributed by atoms with Gasteiger partial charge in [-0.05, 0) is 128 Å². The first-order valence-corrected chi connectivity index (χ1v) is 21.5. The molecule has 0 radical (unpaired) electrons. The maximum Gasteiger partial charge on any atom is 0.0736 e. The van der Waals surface area contributed by atoms with Crippen LogP contribution in [-0.2, 0) is 5.41 Å². The van der Waals surface area contributed by atoms with Crippen molar-refractivity contribution in [3.8, 4) is 16.8 Å². The van der Waals surface area contributed by atoms with Gasteiger partial charge in [-0.2, -0.15) is 0 Å². The number of hydrogen-bond acceptors (Lipinski definition) is 2. The Balaban J connectivity index is 1.07. The van der Waals surface area contributed by atoms with Crippen LogP contribution in [0.1, 0.15) is 22.3 Å². The summed E-state index contributed by atoms with van der Waals surface area (Å²) in [5.74, 6) is 0. The van der Waals surface area contributed by atoms with E-state index in [0.29, 0.717) is 0 Å². The third-order valence-electron chi connectivity index (χ3n) is 13.0. The van der Waals surface area contributed by atoms with Crippen LogP contribution < -0.4 is 4.90 Å². The highest BCUT2D eigenvalue weighted by atomic mass is 32.2. The summed E-state index contributed by atoms with van der Waals surface area (Å²) in [7, 11) is 0. The summed E-state index contributed by atoms with van der Waals surface area (Å²) in [6, 6.07) is 81.2. The smallest absolute Gasteiger partial charge is 0.0736 e. The van der Waals surface area contributed by atoms with E-state index >= 15 is 0 Å². The first-order valence-electron chi connectivity index (χ1n) is 20.7. The summed E-state index contributed by atoms with van der Waals surface area (Å²) >= 11 is 1.89. The molecule has 280 valence electrons. The van der Waals surface area contributed by atoms with Crippen molar-refractivity contribution in [2.24, 2.45) is 0 Å². The van der Waals surface area contributed by atoms with Crippen molar-refractivity contribution >= 4 is 72.2 Å². The van der Waals surface area contributed by atoms with E-state index in [1.54, 1.807) is 0 Å². The van der Waals surface area contributed by atoms with Crippen molar-refractivity contribution in [2.75, 3.05) is 4.90 Å². The standard InChI is InChI=1S/C57H36N2S/c1-2-18-40(19-3-1)58(42-30-32-53-47(35-42)45-21-7-10-26-52(45)59(53)41-29-28-37-14-4-5-15-39(37)34-41)43-31-33-55-51(36-43)57(49-24-9-11-27-54(49)60-55)48-23-8-6-20-44(48)46-22-12-16-38-17-13-25-50(57)56(38)46/h1-36H. The average molecular weight is 781 g/mol. The van der Waals surface area contributed by atoms with Gasteiger partial charge in [0.05, 0.1) is 16.4 Å². The third-order valence-corrected chi connectivity index (χ3v) is 14.1. The summed E-state index contributed by atoms with van der Waals surface area (Å²) in [5.41, 5.74) is 14.3. The van der Waals surface area contributed by atoms with Gasteiger partial charge in [-0.1, -0.05) is 157 Å². The molecule has 2 heterocycles. The molecule has 2 nitrogen and oxygen atoms in total. The topological polar surface area (TPSA) is 8.17 Å². The first kappa shape index (κ1) is 33.6. The summed E-state index contributed by atoms with van der Waals surface area (Å²) in [4.78, 5) is 5.03. The molecule has 1 aromatic heterocycles. The van der Waals surface area contributed by atoms with Gasteiger partial charge in [0.15, 0.2) is 0 Å². The van der Waals surface area contributed by atoms with E-state index in [4.69, 9.17) is 0 Å². The number of nitrogens with zero attached hydrogens (tertiary/aromatic N) is 2. The van der Waals surface area contributed by atoms with E-state index < -0.39 is 5.41 Å². The van der Waals surface area contributed by atoms with E-state index in [9.17, 15) is 0 Å². The lowest BCUT2D eigenvalue weighted by Gasteiger charge is -2.46. The fraction of sp³-hybridized carbons (Fsp3) is 0.0175. The number of fused-ring (bicyclic) bond motifs is 12. The minimum absolute atomic E-state index is 0.531. The van der Waals surface area contributed by atoms with Crippen LogP contribution in [0.15, 0.2) is 228 Å². The molecular formula is C57H36N2S. The monoisotopic (exact) mass is 780 g/mol. The van der Waals surface area contributed by atoms with Crippen molar-refractivity contribution in [2.45, 2.75) is 15.2 Å². The molecule has 10 aromatic carbocycles. The van der Waals surface area contributed by atoms with Crippen LogP contribution in [0.2, 0.25) is 0 Å². The zero-order valence-corrected chi connectivity index (χ0v) is 33.4. The van der Waals surface area contributed by atoms with Crippen LogP contribution in [0, 0.1) is 0 Å². The molecule has 0 saturated heterocycles. The van der Waals surface area contributed by atoms with Crippen molar-refractivity contribution in [3.05, 3.63) is 241 Å². The van der Waals surface area contributed by atoms with Gasteiger partial charge in [-0.3, -0.25) is 0 Å². The molecule has 3 heteroatoms. The third kappa shape index (κ3) is 4.67. The molecule has 0 amide bonds. The van der Waals surface area contributed by atoms with Crippen molar-refractivity contribution in [1.82, 2.24) is 4.57 Å². The molecule has 11 aromatic rings. The van der Waals surface area contributed by atoms with Crippen LogP contribution in [0.25, 0.3) is 60.2 Å². The number of rotatable bonds is 4. The quantitative estimate of drug-likeness (QED) is 0.176. The van der Waals surface area contributed by atoms with Crippen LogP contribution in [0.5, 0.6) is 0 Å². The number of para-hydroxylation sites is 2. The number of benzene rings is 10. The molecule has 1 spiro atoms. The van der Waals surface area contributed by atoms with Gasteiger partial charge in [0, 0.05) is 43.3 Å². The Bertz CT molecular complexity index is 3540. The van der Waals surface area contributed by atoms with Crippen LogP contribution in [-0.4, -0.2) is 4.57 Å². The van der Waals surface area contributed by atoms with E-state index in [2.05, 4.69) is 228 Å². The lowest BCUT2D eigenvalue weighted by molar-refractivity contribution is 0.707. The fourth-order valence-corrected chi connectivity index (χ4v) is 11.7. The predicted molar refractivity (Wildman–Crippen MR) is 252 cm³/mol. The lowest BCUT2D eigenvalue weighted by Crippen LogP contribution is -2.36. The molecular weight excluding hydrogens is 745 g/mol. The Morgan fingerprint density at radius 1 is 0.367 bits per heavy atom. The minimum atomic E-state index is -0.531. The Morgan fingerprint density at radius 3 is 1.93 bits per heavy atom. The zero-order valence-electron chi connectivity index (χ0n) is 32.6. The number of anilines is 3. The van der Waals surface area contributed by atoms with Crippen molar-refractivity contribution < 1.29 is 0 Å². The van der Waals surface area contributed by atoms with Gasteiger partial charge in [-0.25, -0.2) is 0 Å². The second kappa shape index (κ2) is 12.8. The number of hydrogen-bond donors (Lipinski definition) is 0. The Hall–Kier alpha value is -7.33. The largest absolute Gasteiger partial charge is 0.310 e. The maximum atomic E-state index is 2.50. The molecule has 1 aliphatic heterocycles. The van der Waals surface area contributed by atoms with Gasteiger partial charge < -0.3 is 9.47 Å². The summed E-state index contributed by atoms with van der Waals surface area (Å²) in [6.45, 7) is 0. The van der Waals surface area contributed by atoms with Gasteiger partial charge in [0.25, 0.3) is 0 Å². The molecule has 13 rings (SSSR count). The van der Waals surface area contributed by atoms with Crippen molar-refractivity contribution in [3.63, 3.8) is 0 Å². The van der Waals surface area contributed by atoms with Gasteiger partial charge in [0.2, 0.25) is 0 Å². The van der Waals surface area contributed by atoms with Gasteiger partial charge in [-0.15, -0.1) is 0 Å². The predicted octanol–water partition coefficient (Wildman–Crippen LogP) is 15.4. The SMILES string of the molecule is c1ccc(N(c2ccc3c(c2)C2(c4ccccc4S3)c3ccccc3-c3cccc4cccc2c34)c2ccc3c(c2)c2ccccc2n3-c2ccc3ccccc3c2)cc1. The lowest BCUT2D eigenvalue weighted by atomic mass is 9.59. The Kier molecular flexibility index (Phi) is 7.19. The molecule has 1 unspecified atom stereocenters. The molecule has 1 atom stereocenters. The average Bonchev–Trinajstić information content (AvgIpc) is 3.64. The zero-order chi connectivity index (χ0) is 39.4. The second-order valence-corrected chi connectivity index (χ2v) is 17.1. The molecule has 2 aliphatic rings. The second-order valence-electron chi connectivity index (χ2n) is 16.0. The Labute approximate surface area is 352 Å².